The standard InChI is InChI=1S/C12H22N2O3/c1-9(5-12(16)17)7-14-11(15)6-10-3-2-4-13-8-10/h9-10,13H,2-8H2,1H3,(H,14,15)(H,16,17). The van der Waals surface area contributed by atoms with Crippen LogP contribution in [0.5, 0.6) is 0 Å². The first-order valence-corrected chi connectivity index (χ1v) is 6.27. The number of hydrogen-bond donors (Lipinski definition) is 3. The fourth-order valence-corrected chi connectivity index (χ4v) is 2.09. The molecule has 1 aliphatic rings. The van der Waals surface area contributed by atoms with Crippen molar-refractivity contribution >= 4 is 11.9 Å². The minimum Gasteiger partial charge on any atom is -0.481 e. The van der Waals surface area contributed by atoms with Crippen LogP contribution in [-0.4, -0.2) is 36.6 Å². The van der Waals surface area contributed by atoms with Crippen molar-refractivity contribution in [1.29, 1.82) is 0 Å². The number of rotatable bonds is 6. The van der Waals surface area contributed by atoms with E-state index in [1.54, 1.807) is 0 Å². The molecular formula is C12H22N2O3. The van der Waals surface area contributed by atoms with E-state index in [9.17, 15) is 9.59 Å². The van der Waals surface area contributed by atoms with Crippen LogP contribution in [0.15, 0.2) is 0 Å². The van der Waals surface area contributed by atoms with Crippen LogP contribution >= 0.6 is 0 Å². The molecule has 0 aromatic heterocycles. The van der Waals surface area contributed by atoms with E-state index in [0.29, 0.717) is 18.9 Å². The molecule has 1 amide bonds. The van der Waals surface area contributed by atoms with Crippen LogP contribution < -0.4 is 10.6 Å². The number of amides is 1. The number of carbonyl (C=O) groups is 2. The minimum atomic E-state index is -0.816. The molecule has 1 rings (SSSR count). The molecule has 5 heteroatoms. The first kappa shape index (κ1) is 14.0. The van der Waals surface area contributed by atoms with E-state index < -0.39 is 5.97 Å². The van der Waals surface area contributed by atoms with E-state index in [1.165, 1.54) is 0 Å². The number of nitrogens with one attached hydrogen (secondary N) is 2. The summed E-state index contributed by atoms with van der Waals surface area (Å²) in [4.78, 5) is 22.1. The molecule has 1 aliphatic heterocycles. The molecule has 0 bridgehead atoms. The molecular weight excluding hydrogens is 220 g/mol. The fraction of sp³-hybridized carbons (Fsp3) is 0.833. The second-order valence-electron chi connectivity index (χ2n) is 4.92. The van der Waals surface area contributed by atoms with Gasteiger partial charge in [-0.1, -0.05) is 6.92 Å². The van der Waals surface area contributed by atoms with E-state index >= 15 is 0 Å². The average Bonchev–Trinajstić information content (AvgIpc) is 2.27. The van der Waals surface area contributed by atoms with E-state index in [1.807, 2.05) is 6.92 Å². The van der Waals surface area contributed by atoms with Crippen LogP contribution in [0.4, 0.5) is 0 Å². The second-order valence-corrected chi connectivity index (χ2v) is 4.92. The normalized spacial score (nSPS) is 21.8. The highest BCUT2D eigenvalue weighted by atomic mass is 16.4. The zero-order chi connectivity index (χ0) is 12.7. The molecule has 1 saturated heterocycles. The van der Waals surface area contributed by atoms with Gasteiger partial charge in [-0.05, 0) is 37.8 Å². The molecule has 0 aromatic rings. The molecule has 17 heavy (non-hydrogen) atoms. The Morgan fingerprint density at radius 3 is 2.88 bits per heavy atom. The third-order valence-corrected chi connectivity index (χ3v) is 3.04. The van der Waals surface area contributed by atoms with Crippen LogP contribution in [0.25, 0.3) is 0 Å². The molecule has 5 nitrogen and oxygen atoms in total. The van der Waals surface area contributed by atoms with Crippen molar-refractivity contribution in [2.24, 2.45) is 11.8 Å². The van der Waals surface area contributed by atoms with E-state index in [4.69, 9.17) is 5.11 Å². The van der Waals surface area contributed by atoms with Crippen LogP contribution in [0, 0.1) is 11.8 Å². The van der Waals surface area contributed by atoms with Crippen molar-refractivity contribution in [1.82, 2.24) is 10.6 Å². The van der Waals surface area contributed by atoms with Crippen molar-refractivity contribution in [2.45, 2.75) is 32.6 Å². The summed E-state index contributed by atoms with van der Waals surface area (Å²) >= 11 is 0. The zero-order valence-electron chi connectivity index (χ0n) is 10.4. The van der Waals surface area contributed by atoms with Gasteiger partial charge in [-0.2, -0.15) is 0 Å². The Morgan fingerprint density at radius 1 is 1.53 bits per heavy atom. The van der Waals surface area contributed by atoms with Gasteiger partial charge >= 0.3 is 5.97 Å². The lowest BCUT2D eigenvalue weighted by molar-refractivity contribution is -0.138. The Labute approximate surface area is 102 Å². The first-order valence-electron chi connectivity index (χ1n) is 6.27. The highest BCUT2D eigenvalue weighted by Gasteiger charge is 2.17. The van der Waals surface area contributed by atoms with Crippen molar-refractivity contribution in [2.75, 3.05) is 19.6 Å². The van der Waals surface area contributed by atoms with Gasteiger partial charge in [0.15, 0.2) is 0 Å². The van der Waals surface area contributed by atoms with E-state index in [0.717, 1.165) is 25.9 Å². The Balaban J connectivity index is 2.13. The lowest BCUT2D eigenvalue weighted by Crippen LogP contribution is -2.35. The van der Waals surface area contributed by atoms with Gasteiger partial charge in [0.2, 0.25) is 5.91 Å². The van der Waals surface area contributed by atoms with Crippen LogP contribution in [0.2, 0.25) is 0 Å². The predicted molar refractivity (Wildman–Crippen MR) is 64.6 cm³/mol. The number of hydrogen-bond acceptors (Lipinski definition) is 3. The minimum absolute atomic E-state index is 0.0130. The highest BCUT2D eigenvalue weighted by Crippen LogP contribution is 2.13. The molecule has 0 aromatic carbocycles. The number of aliphatic carboxylic acids is 1. The zero-order valence-corrected chi connectivity index (χ0v) is 10.4. The molecule has 1 heterocycles. The third kappa shape index (κ3) is 6.26. The average molecular weight is 242 g/mol. The third-order valence-electron chi connectivity index (χ3n) is 3.04. The van der Waals surface area contributed by atoms with Gasteiger partial charge < -0.3 is 15.7 Å². The van der Waals surface area contributed by atoms with E-state index in [-0.39, 0.29) is 18.2 Å². The van der Waals surface area contributed by atoms with Crippen molar-refractivity contribution in [3.05, 3.63) is 0 Å². The van der Waals surface area contributed by atoms with Gasteiger partial charge in [-0.3, -0.25) is 9.59 Å². The lowest BCUT2D eigenvalue weighted by Gasteiger charge is -2.22. The molecule has 2 atom stereocenters. The van der Waals surface area contributed by atoms with Crippen molar-refractivity contribution in [3.8, 4) is 0 Å². The lowest BCUT2D eigenvalue weighted by atomic mass is 9.96. The van der Waals surface area contributed by atoms with Crippen LogP contribution in [0.3, 0.4) is 0 Å². The number of carboxylic acid groups (broad SMARTS) is 1. The summed E-state index contributed by atoms with van der Waals surface area (Å²) in [5, 5.41) is 14.7. The molecule has 98 valence electrons. The second kappa shape index (κ2) is 7.27. The summed E-state index contributed by atoms with van der Waals surface area (Å²) in [5.74, 6) is -0.362. The summed E-state index contributed by atoms with van der Waals surface area (Å²) in [6.07, 6.45) is 2.89. The molecule has 0 spiro atoms. The summed E-state index contributed by atoms with van der Waals surface area (Å²) in [5.41, 5.74) is 0. The first-order chi connectivity index (χ1) is 8.08. The number of carbonyl (C=O) groups excluding carboxylic acids is 1. The van der Waals surface area contributed by atoms with Gasteiger partial charge in [0, 0.05) is 19.4 Å². The summed E-state index contributed by atoms with van der Waals surface area (Å²) < 4.78 is 0. The Bertz CT molecular complexity index is 262. The monoisotopic (exact) mass is 242 g/mol. The van der Waals surface area contributed by atoms with Gasteiger partial charge in [-0.25, -0.2) is 0 Å². The Kier molecular flexibility index (Phi) is 5.97. The summed E-state index contributed by atoms with van der Waals surface area (Å²) in [6, 6.07) is 0. The molecule has 2 unspecified atom stereocenters. The molecule has 0 aliphatic carbocycles. The van der Waals surface area contributed by atoms with E-state index in [2.05, 4.69) is 10.6 Å². The molecule has 1 fully saturated rings. The highest BCUT2D eigenvalue weighted by molar-refractivity contribution is 5.76. The topological polar surface area (TPSA) is 78.4 Å². The van der Waals surface area contributed by atoms with Gasteiger partial charge in [0.05, 0.1) is 0 Å². The predicted octanol–water partition coefficient (Wildman–Crippen LogP) is 0.603. The van der Waals surface area contributed by atoms with Crippen LogP contribution in [0.1, 0.15) is 32.6 Å². The SMILES string of the molecule is CC(CNC(=O)CC1CCCNC1)CC(=O)O. The summed E-state index contributed by atoms with van der Waals surface area (Å²) in [6.45, 7) is 4.24. The van der Waals surface area contributed by atoms with Gasteiger partial charge in [0.1, 0.15) is 0 Å². The number of piperidine rings is 1. The largest absolute Gasteiger partial charge is 0.481 e. The quantitative estimate of drug-likeness (QED) is 0.637. The molecule has 0 saturated carbocycles. The maximum absolute atomic E-state index is 11.6. The smallest absolute Gasteiger partial charge is 0.303 e. The fourth-order valence-electron chi connectivity index (χ4n) is 2.09. The summed E-state index contributed by atoms with van der Waals surface area (Å²) in [7, 11) is 0. The maximum atomic E-state index is 11.6. The maximum Gasteiger partial charge on any atom is 0.303 e. The van der Waals surface area contributed by atoms with Crippen LogP contribution in [-0.2, 0) is 9.59 Å². The van der Waals surface area contributed by atoms with Gasteiger partial charge in [0.25, 0.3) is 0 Å². The van der Waals surface area contributed by atoms with Gasteiger partial charge in [-0.15, -0.1) is 0 Å². The Hall–Kier alpha value is -1.10. The van der Waals surface area contributed by atoms with Crippen molar-refractivity contribution in [3.63, 3.8) is 0 Å². The number of carboxylic acids is 1. The van der Waals surface area contributed by atoms with Crippen molar-refractivity contribution < 1.29 is 14.7 Å². The molecule has 3 N–H and O–H groups in total. The Morgan fingerprint density at radius 2 is 2.29 bits per heavy atom. The molecule has 0 radical (unpaired) electrons.